The molecule has 0 bridgehead atoms. The molecule has 0 saturated carbocycles. The normalized spacial score (nSPS) is 27.2. The first-order valence-electron chi connectivity index (χ1n) is 13.8. The Morgan fingerprint density at radius 3 is 2.23 bits per heavy atom. The first kappa shape index (κ1) is 28.6. The van der Waals surface area contributed by atoms with E-state index in [1.807, 2.05) is 0 Å². The van der Waals surface area contributed by atoms with Gasteiger partial charge in [-0.05, 0) is 22.2 Å². The van der Waals surface area contributed by atoms with Crippen molar-refractivity contribution in [1.82, 2.24) is 28.7 Å². The van der Waals surface area contributed by atoms with Gasteiger partial charge in [-0.15, -0.1) is 0 Å². The van der Waals surface area contributed by atoms with Crippen LogP contribution >= 0.6 is 0 Å². The zero-order valence-electron chi connectivity index (χ0n) is 24.6. The SMILES string of the molecule is CO[C@@H]1[C@@H]2O[Si](C(C)C)(C(C)C)O[Si](C(C)C)(C(C)C)OC[C@H]2O[C@H]1n1cnc2c(=O)n3ncn(C)c3nc21. The molecule has 5 rings (SSSR count). The molecule has 0 aliphatic carbocycles. The highest BCUT2D eigenvalue weighted by atomic mass is 28.5. The van der Waals surface area contributed by atoms with Crippen LogP contribution in [0.25, 0.3) is 16.9 Å². The molecule has 4 atom stereocenters. The lowest BCUT2D eigenvalue weighted by Crippen LogP contribution is -2.65. The van der Waals surface area contributed by atoms with E-state index in [9.17, 15) is 4.79 Å². The maximum absolute atomic E-state index is 13.1. The van der Waals surface area contributed by atoms with Crippen LogP contribution in [0.3, 0.4) is 0 Å². The summed E-state index contributed by atoms with van der Waals surface area (Å²) in [6.07, 6.45) is 1.19. The zero-order valence-corrected chi connectivity index (χ0v) is 26.6. The fourth-order valence-corrected chi connectivity index (χ4v) is 17.5. The van der Waals surface area contributed by atoms with Crippen LogP contribution in [-0.2, 0) is 29.5 Å². The maximum Gasteiger partial charge on any atom is 0.335 e. The highest BCUT2D eigenvalue weighted by molar-refractivity contribution is 6.84. The second-order valence-electron chi connectivity index (χ2n) is 12.0. The van der Waals surface area contributed by atoms with E-state index in [-0.39, 0.29) is 33.2 Å². The van der Waals surface area contributed by atoms with Crippen LogP contribution in [0.5, 0.6) is 0 Å². The van der Waals surface area contributed by atoms with Crippen molar-refractivity contribution in [3.8, 4) is 0 Å². The van der Waals surface area contributed by atoms with Gasteiger partial charge in [-0.2, -0.15) is 14.6 Å². The monoisotopic (exact) mass is 578 g/mol. The summed E-state index contributed by atoms with van der Waals surface area (Å²) < 4.78 is 38.9. The van der Waals surface area contributed by atoms with Gasteiger partial charge >= 0.3 is 22.7 Å². The second kappa shape index (κ2) is 10.2. The molecule has 3 aromatic heterocycles. The van der Waals surface area contributed by atoms with E-state index in [1.165, 1.54) is 4.52 Å². The van der Waals surface area contributed by atoms with Crippen molar-refractivity contribution in [3.05, 3.63) is 23.0 Å². The van der Waals surface area contributed by atoms with Gasteiger partial charge in [0.2, 0.25) is 5.78 Å². The highest BCUT2D eigenvalue weighted by Crippen LogP contribution is 2.48. The van der Waals surface area contributed by atoms with Crippen molar-refractivity contribution in [3.63, 3.8) is 0 Å². The number of nitrogens with zero attached hydrogens (tertiary/aromatic N) is 6. The Hall–Kier alpha value is -1.95. The van der Waals surface area contributed by atoms with Gasteiger partial charge in [-0.1, -0.05) is 55.4 Å². The minimum absolute atomic E-state index is 0.176. The summed E-state index contributed by atoms with van der Waals surface area (Å²) in [7, 11) is -2.13. The average molecular weight is 579 g/mol. The van der Waals surface area contributed by atoms with Crippen LogP contribution in [0.2, 0.25) is 22.2 Å². The number of aromatic nitrogens is 6. The Bertz CT molecular complexity index is 1380. The lowest BCUT2D eigenvalue weighted by molar-refractivity contribution is -0.0602. The number of hydrogen-bond acceptors (Lipinski definition) is 9. The molecule has 0 spiro atoms. The highest BCUT2D eigenvalue weighted by Gasteiger charge is 2.62. The topological polar surface area (TPSA) is 116 Å². The van der Waals surface area contributed by atoms with Crippen LogP contribution in [0.4, 0.5) is 0 Å². The van der Waals surface area contributed by atoms with Crippen molar-refractivity contribution in [2.45, 2.75) is 102 Å². The van der Waals surface area contributed by atoms with Crippen molar-refractivity contribution in [2.24, 2.45) is 7.05 Å². The van der Waals surface area contributed by atoms with Crippen molar-refractivity contribution >= 4 is 34.1 Å². The minimum Gasteiger partial charge on any atom is -0.414 e. The molecule has 0 aromatic carbocycles. The van der Waals surface area contributed by atoms with Crippen molar-refractivity contribution < 1.29 is 22.4 Å². The summed E-state index contributed by atoms with van der Waals surface area (Å²) >= 11 is 0. The molecule has 2 saturated heterocycles. The number of methoxy groups -OCH3 is 1. The fraction of sp³-hybridized carbons (Fsp3) is 0.760. The fourth-order valence-electron chi connectivity index (χ4n) is 6.25. The predicted octanol–water partition coefficient (Wildman–Crippen LogP) is 3.65. The lowest BCUT2D eigenvalue weighted by Gasteiger charge is -2.51. The smallest absolute Gasteiger partial charge is 0.335 e. The third-order valence-electron chi connectivity index (χ3n) is 8.38. The Labute approximate surface area is 231 Å². The Kier molecular flexibility index (Phi) is 7.44. The van der Waals surface area contributed by atoms with E-state index >= 15 is 0 Å². The van der Waals surface area contributed by atoms with Gasteiger partial charge in [-0.3, -0.25) is 9.36 Å². The number of rotatable bonds is 6. The van der Waals surface area contributed by atoms with Crippen LogP contribution in [0.15, 0.2) is 17.4 Å². The van der Waals surface area contributed by atoms with Gasteiger partial charge in [0.25, 0.3) is 0 Å². The number of fused-ring (bicyclic) bond motifs is 3. The maximum atomic E-state index is 13.1. The molecular weight excluding hydrogens is 536 g/mol. The van der Waals surface area contributed by atoms with Crippen LogP contribution in [0.1, 0.15) is 61.6 Å². The molecule has 3 aromatic rings. The Balaban J connectivity index is 1.62. The van der Waals surface area contributed by atoms with Crippen LogP contribution in [-0.4, -0.2) is 77.9 Å². The second-order valence-corrected chi connectivity index (χ2v) is 20.9. The molecule has 14 heteroatoms. The minimum atomic E-state index is -2.87. The molecule has 216 valence electrons. The Morgan fingerprint density at radius 1 is 1.00 bits per heavy atom. The Morgan fingerprint density at radius 2 is 1.64 bits per heavy atom. The largest absolute Gasteiger partial charge is 0.414 e. The lowest BCUT2D eigenvalue weighted by atomic mass is 10.1. The average Bonchev–Trinajstić information content (AvgIpc) is 3.54. The van der Waals surface area contributed by atoms with E-state index in [0.29, 0.717) is 18.0 Å². The molecule has 12 nitrogen and oxygen atoms in total. The molecule has 39 heavy (non-hydrogen) atoms. The number of hydrogen-bond donors (Lipinski definition) is 0. The number of aryl methyl sites for hydroxylation is 1. The summed E-state index contributed by atoms with van der Waals surface area (Å²) in [5.41, 5.74) is 1.10. The summed E-state index contributed by atoms with van der Waals surface area (Å²) in [4.78, 5) is 22.2. The first-order valence-corrected chi connectivity index (χ1v) is 17.8. The summed E-state index contributed by atoms with van der Waals surface area (Å²) in [5.74, 6) is 0.413. The van der Waals surface area contributed by atoms with E-state index < -0.39 is 41.7 Å². The zero-order chi connectivity index (χ0) is 28.4. The molecule has 0 N–H and O–H groups in total. The molecular formula is C25H42N6O6Si2. The van der Waals surface area contributed by atoms with Gasteiger partial charge in [0.05, 0.1) is 12.9 Å². The molecule has 5 heterocycles. The molecule has 2 fully saturated rings. The summed E-state index contributed by atoms with van der Waals surface area (Å²) in [5, 5.41) is 4.13. The van der Waals surface area contributed by atoms with Crippen molar-refractivity contribution in [1.29, 1.82) is 0 Å². The number of ether oxygens (including phenoxy) is 2. The predicted molar refractivity (Wildman–Crippen MR) is 150 cm³/mol. The van der Waals surface area contributed by atoms with Gasteiger partial charge in [0.15, 0.2) is 17.4 Å². The van der Waals surface area contributed by atoms with Gasteiger partial charge in [0.1, 0.15) is 24.6 Å². The molecule has 2 aliphatic heterocycles. The van der Waals surface area contributed by atoms with E-state index in [2.05, 4.69) is 65.5 Å². The third-order valence-corrected chi connectivity index (χ3v) is 18.6. The first-order chi connectivity index (χ1) is 18.4. The van der Waals surface area contributed by atoms with Crippen LogP contribution < -0.4 is 5.56 Å². The quantitative estimate of drug-likeness (QED) is 0.404. The molecule has 0 radical (unpaired) electrons. The third kappa shape index (κ3) is 4.26. The van der Waals surface area contributed by atoms with E-state index in [4.69, 9.17) is 27.4 Å². The summed E-state index contributed by atoms with van der Waals surface area (Å²) in [6.45, 7) is 17.9. The molecule has 0 unspecified atom stereocenters. The van der Waals surface area contributed by atoms with E-state index in [0.717, 1.165) is 0 Å². The standard InChI is InChI=1S/C25H42N6O6Si2/c1-14(2)38(15(3)4)34-11-18-20(36-39(37-38,16(5)6)17(7)8)21(33-10)24(35-18)30-12-26-19-22(30)28-25-29(9)13-27-31(25)23(19)32/h12-18,20-21,24H,11H2,1-10H3/t18-,20-,21-,24-/m1/s1. The molecule has 2 aliphatic rings. The van der Waals surface area contributed by atoms with Gasteiger partial charge in [0, 0.05) is 14.2 Å². The summed E-state index contributed by atoms with van der Waals surface area (Å²) in [6, 6.07) is 0. The van der Waals surface area contributed by atoms with Crippen molar-refractivity contribution in [2.75, 3.05) is 13.7 Å². The van der Waals surface area contributed by atoms with Gasteiger partial charge in [-0.25, -0.2) is 4.98 Å². The van der Waals surface area contributed by atoms with Crippen LogP contribution in [0, 0.1) is 0 Å². The number of imidazole rings is 1. The van der Waals surface area contributed by atoms with Gasteiger partial charge < -0.3 is 27.0 Å². The molecule has 0 amide bonds. The van der Waals surface area contributed by atoms with E-state index in [1.54, 1.807) is 35.9 Å².